The fraction of sp³-hybridized carbons (Fsp3) is 0.385. The lowest BCUT2D eigenvalue weighted by atomic mass is 9.93. The summed E-state index contributed by atoms with van der Waals surface area (Å²) in [6.07, 6.45) is 4.98. The molecule has 0 radical (unpaired) electrons. The zero-order valence-corrected chi connectivity index (χ0v) is 19.1. The maximum atomic E-state index is 13.7. The molecule has 0 saturated heterocycles. The first kappa shape index (κ1) is 21.1. The highest BCUT2D eigenvalue weighted by molar-refractivity contribution is 6.30. The van der Waals surface area contributed by atoms with Crippen LogP contribution < -0.4 is 5.32 Å². The number of nitrogens with one attached hydrogen (secondary N) is 1. The highest BCUT2D eigenvalue weighted by atomic mass is 35.5. The van der Waals surface area contributed by atoms with Crippen molar-refractivity contribution < 1.29 is 9.59 Å². The van der Waals surface area contributed by atoms with Crippen molar-refractivity contribution in [3.63, 3.8) is 0 Å². The molecule has 0 spiro atoms. The molecule has 166 valence electrons. The number of para-hydroxylation sites is 1. The number of carbonyl (C=O) groups is 2. The van der Waals surface area contributed by atoms with Gasteiger partial charge in [0.05, 0.1) is 6.54 Å². The van der Waals surface area contributed by atoms with E-state index in [1.165, 1.54) is 0 Å². The number of hydrogen-bond donors (Lipinski definition) is 1. The summed E-state index contributed by atoms with van der Waals surface area (Å²) >= 11 is 6.03. The minimum atomic E-state index is -0.957. The molecule has 1 N–H and O–H groups in total. The van der Waals surface area contributed by atoms with E-state index in [-0.39, 0.29) is 17.9 Å². The topological polar surface area (TPSA) is 54.3 Å². The second kappa shape index (κ2) is 8.28. The number of rotatable bonds is 5. The number of carbonyl (C=O) groups excluding carboxylic acids is 2. The smallest absolute Gasteiger partial charge is 0.271 e. The molecule has 2 heterocycles. The Balaban J connectivity index is 1.50. The quantitative estimate of drug-likeness (QED) is 0.607. The Hall–Kier alpha value is -2.79. The van der Waals surface area contributed by atoms with Crippen LogP contribution in [-0.2, 0) is 17.8 Å². The summed E-state index contributed by atoms with van der Waals surface area (Å²) < 4.78 is 2.02. The van der Waals surface area contributed by atoms with Crippen molar-refractivity contribution in [2.24, 2.45) is 0 Å². The van der Waals surface area contributed by atoms with Crippen LogP contribution in [0.1, 0.15) is 48.7 Å². The molecule has 1 aromatic heterocycles. The summed E-state index contributed by atoms with van der Waals surface area (Å²) in [5.41, 5.74) is 1.77. The summed E-state index contributed by atoms with van der Waals surface area (Å²) in [6.45, 7) is 2.83. The number of aromatic nitrogens is 1. The average Bonchev–Trinajstić information content (AvgIpc) is 3.43. The molecule has 2 aromatic carbocycles. The van der Waals surface area contributed by atoms with Gasteiger partial charge in [-0.3, -0.25) is 9.59 Å². The van der Waals surface area contributed by atoms with E-state index in [0.717, 1.165) is 42.1 Å². The van der Waals surface area contributed by atoms with E-state index in [0.29, 0.717) is 30.2 Å². The Labute approximate surface area is 193 Å². The third-order valence-corrected chi connectivity index (χ3v) is 7.31. The van der Waals surface area contributed by atoms with Crippen LogP contribution in [0.4, 0.5) is 0 Å². The third kappa shape index (κ3) is 3.69. The van der Waals surface area contributed by atoms with Gasteiger partial charge in [0.25, 0.3) is 5.91 Å². The normalized spacial score (nSPS) is 21.2. The van der Waals surface area contributed by atoms with Crippen LogP contribution in [0.15, 0.2) is 54.6 Å². The first-order chi connectivity index (χ1) is 15.5. The summed E-state index contributed by atoms with van der Waals surface area (Å²) in [5, 5.41) is 4.96. The first-order valence-corrected chi connectivity index (χ1v) is 11.8. The van der Waals surface area contributed by atoms with Crippen LogP contribution >= 0.6 is 11.6 Å². The largest absolute Gasteiger partial charge is 0.351 e. The summed E-state index contributed by atoms with van der Waals surface area (Å²) in [5.74, 6) is -0.150. The number of fused-ring (bicyclic) bond motifs is 3. The van der Waals surface area contributed by atoms with Crippen molar-refractivity contribution in [1.29, 1.82) is 0 Å². The molecule has 1 saturated carbocycles. The Kier molecular flexibility index (Phi) is 5.46. The van der Waals surface area contributed by atoms with Crippen LogP contribution in [0.3, 0.4) is 0 Å². The molecule has 3 aromatic rings. The van der Waals surface area contributed by atoms with E-state index in [1.54, 1.807) is 4.90 Å². The van der Waals surface area contributed by atoms with Gasteiger partial charge in [-0.2, -0.15) is 0 Å². The Morgan fingerprint density at radius 2 is 1.84 bits per heavy atom. The number of amides is 2. The molecule has 0 unspecified atom stereocenters. The minimum Gasteiger partial charge on any atom is -0.351 e. The number of halogens is 1. The predicted octanol–water partition coefficient (Wildman–Crippen LogP) is 4.81. The van der Waals surface area contributed by atoms with E-state index in [2.05, 4.69) is 5.32 Å². The molecule has 1 fully saturated rings. The second-order valence-electron chi connectivity index (χ2n) is 9.24. The van der Waals surface area contributed by atoms with Crippen LogP contribution in [0, 0.1) is 0 Å². The van der Waals surface area contributed by atoms with Gasteiger partial charge in [-0.25, -0.2) is 0 Å². The van der Waals surface area contributed by atoms with Gasteiger partial charge in [0.1, 0.15) is 11.2 Å². The standard InChI is InChI=1S/C26H28ClN3O2/c1-26(25(32)28-21-7-3-4-8-21)17-29-22-9-5-2-6-19(22)16-23(29)24(31)30(26)15-14-18-10-12-20(27)13-11-18/h2,5-6,9-13,16,21H,3-4,7-8,14-15,17H2,1H3,(H,28,32)/t26-/m1/s1. The first-order valence-electron chi connectivity index (χ1n) is 11.4. The van der Waals surface area contributed by atoms with Crippen LogP contribution in [0.25, 0.3) is 10.9 Å². The van der Waals surface area contributed by atoms with E-state index >= 15 is 0 Å². The molecule has 0 bridgehead atoms. The summed E-state index contributed by atoms with van der Waals surface area (Å²) in [4.78, 5) is 29.1. The van der Waals surface area contributed by atoms with Gasteiger partial charge < -0.3 is 14.8 Å². The van der Waals surface area contributed by atoms with Gasteiger partial charge in [-0.15, -0.1) is 0 Å². The zero-order valence-electron chi connectivity index (χ0n) is 18.3. The molecule has 5 rings (SSSR count). The molecule has 1 aliphatic heterocycles. The monoisotopic (exact) mass is 449 g/mol. The summed E-state index contributed by atoms with van der Waals surface area (Å²) in [6, 6.07) is 17.8. The second-order valence-corrected chi connectivity index (χ2v) is 9.67. The molecular weight excluding hydrogens is 422 g/mol. The lowest BCUT2D eigenvalue weighted by Gasteiger charge is -2.44. The lowest BCUT2D eigenvalue weighted by Crippen LogP contribution is -2.65. The number of hydrogen-bond acceptors (Lipinski definition) is 2. The maximum Gasteiger partial charge on any atom is 0.271 e. The zero-order chi connectivity index (χ0) is 22.3. The molecule has 5 nitrogen and oxygen atoms in total. The van der Waals surface area contributed by atoms with Crippen molar-refractivity contribution in [1.82, 2.24) is 14.8 Å². The Bertz CT molecular complexity index is 1160. The van der Waals surface area contributed by atoms with Crippen LogP contribution in [0.2, 0.25) is 5.02 Å². The van der Waals surface area contributed by atoms with Crippen LogP contribution in [0.5, 0.6) is 0 Å². The van der Waals surface area contributed by atoms with Gasteiger partial charge in [0.15, 0.2) is 0 Å². The van der Waals surface area contributed by atoms with Crippen molar-refractivity contribution >= 4 is 34.3 Å². The predicted molar refractivity (Wildman–Crippen MR) is 127 cm³/mol. The molecule has 1 atom stereocenters. The highest BCUT2D eigenvalue weighted by Crippen LogP contribution is 2.33. The van der Waals surface area contributed by atoms with Gasteiger partial charge >= 0.3 is 0 Å². The van der Waals surface area contributed by atoms with Crippen molar-refractivity contribution in [3.8, 4) is 0 Å². The van der Waals surface area contributed by atoms with E-state index in [4.69, 9.17) is 11.6 Å². The highest BCUT2D eigenvalue weighted by Gasteiger charge is 2.47. The Morgan fingerprint density at radius 3 is 2.59 bits per heavy atom. The van der Waals surface area contributed by atoms with Crippen LogP contribution in [-0.4, -0.2) is 39.4 Å². The SMILES string of the molecule is C[C@]1(C(=O)NC2CCCC2)Cn2c(cc3ccccc32)C(=O)N1CCc1ccc(Cl)cc1. The molecule has 2 aliphatic rings. The summed E-state index contributed by atoms with van der Waals surface area (Å²) in [7, 11) is 0. The number of benzene rings is 2. The lowest BCUT2D eigenvalue weighted by molar-refractivity contribution is -0.133. The molecule has 2 amide bonds. The fourth-order valence-corrected chi connectivity index (χ4v) is 5.29. The van der Waals surface area contributed by atoms with Crippen molar-refractivity contribution in [2.45, 2.75) is 57.2 Å². The average molecular weight is 450 g/mol. The van der Waals surface area contributed by atoms with E-state index < -0.39 is 5.54 Å². The van der Waals surface area contributed by atoms with Gasteiger partial charge in [-0.1, -0.05) is 54.8 Å². The van der Waals surface area contributed by atoms with E-state index in [1.807, 2.05) is 66.1 Å². The van der Waals surface area contributed by atoms with Gasteiger partial charge in [-0.05, 0) is 56.0 Å². The molecule has 1 aliphatic carbocycles. The molecule has 6 heteroatoms. The maximum absolute atomic E-state index is 13.7. The minimum absolute atomic E-state index is 0.0581. The van der Waals surface area contributed by atoms with Gasteiger partial charge in [0, 0.05) is 28.5 Å². The van der Waals surface area contributed by atoms with Gasteiger partial charge in [0.2, 0.25) is 5.91 Å². The Morgan fingerprint density at radius 1 is 1.12 bits per heavy atom. The fourth-order valence-electron chi connectivity index (χ4n) is 5.16. The number of nitrogens with zero attached hydrogens (tertiary/aromatic N) is 2. The molecule has 32 heavy (non-hydrogen) atoms. The third-order valence-electron chi connectivity index (χ3n) is 7.05. The van der Waals surface area contributed by atoms with Crippen molar-refractivity contribution in [2.75, 3.05) is 6.54 Å². The van der Waals surface area contributed by atoms with Crippen molar-refractivity contribution in [3.05, 3.63) is 70.9 Å². The molecular formula is C26H28ClN3O2. The van der Waals surface area contributed by atoms with E-state index in [9.17, 15) is 9.59 Å².